The van der Waals surface area contributed by atoms with Crippen LogP contribution >= 0.6 is 0 Å². The summed E-state index contributed by atoms with van der Waals surface area (Å²) < 4.78 is 35.6. The van der Waals surface area contributed by atoms with Gasteiger partial charge in [-0.1, -0.05) is 0 Å². The van der Waals surface area contributed by atoms with Crippen molar-refractivity contribution in [2.45, 2.75) is 31.5 Å². The van der Waals surface area contributed by atoms with Gasteiger partial charge in [0.05, 0.1) is 5.92 Å². The van der Waals surface area contributed by atoms with E-state index >= 15 is 0 Å². The van der Waals surface area contributed by atoms with E-state index in [1.165, 1.54) is 0 Å². The second kappa shape index (κ2) is 3.05. The van der Waals surface area contributed by atoms with Gasteiger partial charge in [0, 0.05) is 6.42 Å². The van der Waals surface area contributed by atoms with Crippen LogP contribution in [-0.4, -0.2) is 23.2 Å². The molecule has 1 N–H and O–H groups in total. The van der Waals surface area contributed by atoms with E-state index in [1.807, 2.05) is 0 Å². The summed E-state index contributed by atoms with van der Waals surface area (Å²) >= 11 is 0. The van der Waals surface area contributed by atoms with Crippen LogP contribution in [-0.2, 0) is 4.79 Å². The molecule has 5 heteroatoms. The molecule has 0 amide bonds. The highest BCUT2D eigenvalue weighted by Crippen LogP contribution is 2.33. The van der Waals surface area contributed by atoms with Crippen LogP contribution in [0.1, 0.15) is 19.3 Å². The minimum absolute atomic E-state index is 0.152. The number of rotatable bonds is 1. The Morgan fingerprint density at radius 3 is 2.42 bits per heavy atom. The highest BCUT2D eigenvalue weighted by molar-refractivity contribution is 5.83. The van der Waals surface area contributed by atoms with Gasteiger partial charge in [0.1, 0.15) is 5.78 Å². The summed E-state index contributed by atoms with van der Waals surface area (Å²) in [5.74, 6) is -1.69. The zero-order chi connectivity index (χ0) is 9.35. The maximum Gasteiger partial charge on any atom is 0.415 e. The lowest BCUT2D eigenvalue weighted by Crippen LogP contribution is -2.37. The van der Waals surface area contributed by atoms with Crippen molar-refractivity contribution >= 4 is 5.78 Å². The molecule has 2 atom stereocenters. The van der Waals surface area contributed by atoms with Gasteiger partial charge in [0.15, 0.2) is 6.10 Å². The van der Waals surface area contributed by atoms with Gasteiger partial charge in [0.2, 0.25) is 0 Å². The molecule has 1 rings (SSSR count). The quantitative estimate of drug-likeness (QED) is 0.663. The summed E-state index contributed by atoms with van der Waals surface area (Å²) in [6.45, 7) is 0. The molecule has 0 bridgehead atoms. The second-order valence-corrected chi connectivity index (χ2v) is 2.95. The van der Waals surface area contributed by atoms with Crippen LogP contribution in [0, 0.1) is 5.92 Å². The Morgan fingerprint density at radius 1 is 1.50 bits per heavy atom. The van der Waals surface area contributed by atoms with Gasteiger partial charge in [-0.05, 0) is 12.8 Å². The van der Waals surface area contributed by atoms with Crippen molar-refractivity contribution in [3.8, 4) is 0 Å². The Labute approximate surface area is 67.4 Å². The number of hydrogen-bond acceptors (Lipinski definition) is 2. The number of ketones is 1. The molecule has 70 valence electrons. The van der Waals surface area contributed by atoms with Gasteiger partial charge in [-0.25, -0.2) is 0 Å². The van der Waals surface area contributed by atoms with Gasteiger partial charge in [0.25, 0.3) is 0 Å². The van der Waals surface area contributed by atoms with Crippen molar-refractivity contribution in [2.24, 2.45) is 5.92 Å². The lowest BCUT2D eigenvalue weighted by molar-refractivity contribution is -0.217. The van der Waals surface area contributed by atoms with Crippen LogP contribution in [0.5, 0.6) is 0 Å². The molecule has 12 heavy (non-hydrogen) atoms. The van der Waals surface area contributed by atoms with Crippen LogP contribution < -0.4 is 0 Å². The first-order valence-electron chi connectivity index (χ1n) is 3.70. The molecule has 1 aliphatic rings. The molecule has 0 heterocycles. The second-order valence-electron chi connectivity index (χ2n) is 2.95. The number of carbonyl (C=O) groups excluding carboxylic acids is 1. The monoisotopic (exact) mass is 182 g/mol. The molecule has 1 saturated carbocycles. The third kappa shape index (κ3) is 1.77. The molecule has 1 fully saturated rings. The third-order valence-corrected chi connectivity index (χ3v) is 2.07. The van der Waals surface area contributed by atoms with Crippen LogP contribution in [0.3, 0.4) is 0 Å². The average Bonchev–Trinajstić information content (AvgIpc) is 2.31. The maximum absolute atomic E-state index is 11.9. The van der Waals surface area contributed by atoms with Crippen molar-refractivity contribution in [1.82, 2.24) is 0 Å². The number of alkyl halides is 3. The largest absolute Gasteiger partial charge is 0.415 e. The third-order valence-electron chi connectivity index (χ3n) is 2.07. The molecule has 2 unspecified atom stereocenters. The zero-order valence-electron chi connectivity index (χ0n) is 6.27. The first-order valence-corrected chi connectivity index (χ1v) is 3.70. The van der Waals surface area contributed by atoms with E-state index in [-0.39, 0.29) is 12.8 Å². The van der Waals surface area contributed by atoms with E-state index in [1.54, 1.807) is 0 Å². The minimum Gasteiger partial charge on any atom is -0.383 e. The summed E-state index contributed by atoms with van der Waals surface area (Å²) in [5.41, 5.74) is 0. The fourth-order valence-corrected chi connectivity index (χ4v) is 1.40. The van der Waals surface area contributed by atoms with E-state index in [0.717, 1.165) is 0 Å². The highest BCUT2D eigenvalue weighted by Gasteiger charge is 2.47. The zero-order valence-corrected chi connectivity index (χ0v) is 6.27. The number of hydrogen-bond donors (Lipinski definition) is 1. The predicted octanol–water partition coefficient (Wildman–Crippen LogP) is 1.28. The summed E-state index contributed by atoms with van der Waals surface area (Å²) in [5, 5.41) is 8.71. The van der Waals surface area contributed by atoms with Gasteiger partial charge in [-0.15, -0.1) is 0 Å². The van der Waals surface area contributed by atoms with Gasteiger partial charge in [-0.3, -0.25) is 4.79 Å². The normalized spacial score (nSPS) is 27.7. The number of aliphatic hydroxyl groups excluding tert-OH is 1. The van der Waals surface area contributed by atoms with Crippen LogP contribution in [0.4, 0.5) is 13.2 Å². The molecule has 0 spiro atoms. The highest BCUT2D eigenvalue weighted by atomic mass is 19.4. The lowest BCUT2D eigenvalue weighted by Gasteiger charge is -2.19. The molecule has 0 aromatic carbocycles. The van der Waals surface area contributed by atoms with Crippen molar-refractivity contribution < 1.29 is 23.1 Å². The van der Waals surface area contributed by atoms with E-state index in [0.29, 0.717) is 6.42 Å². The van der Waals surface area contributed by atoms with Gasteiger partial charge >= 0.3 is 6.18 Å². The fourth-order valence-electron chi connectivity index (χ4n) is 1.40. The van der Waals surface area contributed by atoms with E-state index in [4.69, 9.17) is 5.11 Å². The van der Waals surface area contributed by atoms with E-state index < -0.39 is 24.0 Å². The smallest absolute Gasteiger partial charge is 0.383 e. The standard InChI is InChI=1S/C7H9F3O2/c8-7(9,10)6(12)4-2-1-3-5(4)11/h4,6,12H,1-3H2. The van der Waals surface area contributed by atoms with Crippen molar-refractivity contribution in [3.05, 3.63) is 0 Å². The van der Waals surface area contributed by atoms with Crippen LogP contribution in [0.25, 0.3) is 0 Å². The number of halogens is 3. The molecular weight excluding hydrogens is 173 g/mol. The maximum atomic E-state index is 11.9. The summed E-state index contributed by atoms with van der Waals surface area (Å²) in [4.78, 5) is 10.8. The van der Waals surface area contributed by atoms with Crippen LogP contribution in [0.2, 0.25) is 0 Å². The summed E-state index contributed by atoms with van der Waals surface area (Å²) in [6, 6.07) is 0. The molecule has 0 radical (unpaired) electrons. The number of aliphatic hydroxyl groups is 1. The van der Waals surface area contributed by atoms with Gasteiger partial charge < -0.3 is 5.11 Å². The summed E-state index contributed by atoms with van der Waals surface area (Å²) in [7, 11) is 0. The Bertz CT molecular complexity index is 188. The fraction of sp³-hybridized carbons (Fsp3) is 0.857. The number of Topliss-reactive ketones (excluding diaryl/α,β-unsaturated/α-hetero) is 1. The van der Waals surface area contributed by atoms with E-state index in [9.17, 15) is 18.0 Å². The minimum atomic E-state index is -4.66. The Balaban J connectivity index is 2.63. The van der Waals surface area contributed by atoms with Crippen molar-refractivity contribution in [3.63, 3.8) is 0 Å². The molecule has 0 saturated heterocycles. The predicted molar refractivity (Wildman–Crippen MR) is 34.4 cm³/mol. The van der Waals surface area contributed by atoms with E-state index in [2.05, 4.69) is 0 Å². The first kappa shape index (κ1) is 9.51. The molecule has 0 aromatic rings. The average molecular weight is 182 g/mol. The first-order chi connectivity index (χ1) is 5.43. The van der Waals surface area contributed by atoms with Crippen molar-refractivity contribution in [2.75, 3.05) is 0 Å². The topological polar surface area (TPSA) is 37.3 Å². The Morgan fingerprint density at radius 2 is 2.08 bits per heavy atom. The Hall–Kier alpha value is -0.580. The lowest BCUT2D eigenvalue weighted by atomic mass is 10.00. The molecule has 2 nitrogen and oxygen atoms in total. The molecule has 0 aromatic heterocycles. The molecular formula is C7H9F3O2. The Kier molecular flexibility index (Phi) is 2.41. The summed E-state index contributed by atoms with van der Waals surface area (Å²) in [6.07, 6.45) is -6.36. The SMILES string of the molecule is O=C1CCCC1C(O)C(F)(F)F. The van der Waals surface area contributed by atoms with Gasteiger partial charge in [-0.2, -0.15) is 13.2 Å². The number of carbonyl (C=O) groups is 1. The van der Waals surface area contributed by atoms with Crippen LogP contribution in [0.15, 0.2) is 0 Å². The van der Waals surface area contributed by atoms with Crippen molar-refractivity contribution in [1.29, 1.82) is 0 Å². The molecule has 1 aliphatic carbocycles. The molecule has 0 aliphatic heterocycles.